The number of nitrogens with zero attached hydrogens (tertiary/aromatic N) is 1. The van der Waals surface area contributed by atoms with Crippen molar-refractivity contribution in [1.82, 2.24) is 5.32 Å². The molecule has 0 fully saturated rings. The lowest BCUT2D eigenvalue weighted by atomic mass is 10.0. The van der Waals surface area contributed by atoms with Gasteiger partial charge in [-0.05, 0) is 40.6 Å². The quantitative estimate of drug-likeness (QED) is 0.453. The average molecular weight is 449 g/mol. The Morgan fingerprint density at radius 3 is 2.25 bits per heavy atom. The highest BCUT2D eigenvalue weighted by Gasteiger charge is 2.28. The minimum atomic E-state index is -4.16. The van der Waals surface area contributed by atoms with Crippen molar-refractivity contribution >= 4 is 32.4 Å². The molecule has 0 spiro atoms. The van der Waals surface area contributed by atoms with Crippen LogP contribution in [0.3, 0.4) is 0 Å². The predicted octanol–water partition coefficient (Wildman–Crippen LogP) is 4.49. The van der Waals surface area contributed by atoms with Gasteiger partial charge in [-0.3, -0.25) is 9.10 Å². The summed E-state index contributed by atoms with van der Waals surface area (Å²) in [4.78, 5) is 12.8. The Balaban J connectivity index is 1.60. The van der Waals surface area contributed by atoms with E-state index in [4.69, 9.17) is 0 Å². The standard InChI is InChI=1S/C25H21FN2O3S/c26-23-15-6-7-16-24(23)28(32(30,31)21-12-2-1-3-13-21)18-25(29)27-17-20-11-8-10-19-9-4-5-14-22(19)20/h1-16H,17-18H2,(H,27,29). The fourth-order valence-electron chi connectivity index (χ4n) is 3.50. The van der Waals surface area contributed by atoms with E-state index in [1.165, 1.54) is 30.3 Å². The van der Waals surface area contributed by atoms with Crippen molar-refractivity contribution in [2.24, 2.45) is 0 Å². The summed E-state index contributed by atoms with van der Waals surface area (Å²) in [6.45, 7) is -0.334. The number of hydrogen-bond acceptors (Lipinski definition) is 3. The zero-order chi connectivity index (χ0) is 22.6. The van der Waals surface area contributed by atoms with Gasteiger partial charge in [-0.15, -0.1) is 0 Å². The first-order chi connectivity index (χ1) is 15.5. The largest absolute Gasteiger partial charge is 0.350 e. The number of halogens is 1. The molecule has 0 saturated heterocycles. The van der Waals surface area contributed by atoms with Crippen molar-refractivity contribution in [1.29, 1.82) is 0 Å². The van der Waals surface area contributed by atoms with Crippen LogP contribution in [0.15, 0.2) is 102 Å². The molecule has 162 valence electrons. The van der Waals surface area contributed by atoms with Crippen LogP contribution in [0, 0.1) is 5.82 Å². The number of rotatable bonds is 7. The first-order valence-electron chi connectivity index (χ1n) is 10.0. The van der Waals surface area contributed by atoms with E-state index in [1.54, 1.807) is 18.2 Å². The third kappa shape index (κ3) is 4.48. The van der Waals surface area contributed by atoms with E-state index in [2.05, 4.69) is 5.32 Å². The van der Waals surface area contributed by atoms with E-state index in [-0.39, 0.29) is 17.1 Å². The Kier molecular flexibility index (Phi) is 6.18. The monoisotopic (exact) mass is 448 g/mol. The van der Waals surface area contributed by atoms with Gasteiger partial charge in [-0.2, -0.15) is 0 Å². The number of benzene rings is 4. The molecule has 0 aliphatic heterocycles. The normalized spacial score (nSPS) is 11.3. The summed E-state index contributed by atoms with van der Waals surface area (Å²) in [5.74, 6) is -1.27. The van der Waals surface area contributed by atoms with Gasteiger partial charge in [0.05, 0.1) is 10.6 Å². The molecule has 32 heavy (non-hydrogen) atoms. The Bertz CT molecular complexity index is 1350. The van der Waals surface area contributed by atoms with Gasteiger partial charge in [-0.25, -0.2) is 12.8 Å². The van der Waals surface area contributed by atoms with Crippen LogP contribution in [0.1, 0.15) is 5.56 Å². The van der Waals surface area contributed by atoms with Crippen LogP contribution in [0.5, 0.6) is 0 Å². The lowest BCUT2D eigenvalue weighted by molar-refractivity contribution is -0.119. The number of hydrogen-bond donors (Lipinski definition) is 1. The lowest BCUT2D eigenvalue weighted by Crippen LogP contribution is -2.41. The van der Waals surface area contributed by atoms with E-state index in [0.29, 0.717) is 0 Å². The van der Waals surface area contributed by atoms with Gasteiger partial charge in [0.2, 0.25) is 5.91 Å². The molecule has 0 atom stereocenters. The number of fused-ring (bicyclic) bond motifs is 1. The average Bonchev–Trinajstić information content (AvgIpc) is 2.82. The Morgan fingerprint density at radius 1 is 0.812 bits per heavy atom. The zero-order valence-electron chi connectivity index (χ0n) is 17.1. The van der Waals surface area contributed by atoms with Gasteiger partial charge < -0.3 is 5.32 Å². The molecule has 0 heterocycles. The van der Waals surface area contributed by atoms with Crippen molar-refractivity contribution in [3.63, 3.8) is 0 Å². The Morgan fingerprint density at radius 2 is 1.47 bits per heavy atom. The number of carbonyl (C=O) groups is 1. The summed E-state index contributed by atoms with van der Waals surface area (Å²) >= 11 is 0. The number of sulfonamides is 1. The van der Waals surface area contributed by atoms with Crippen molar-refractivity contribution < 1.29 is 17.6 Å². The van der Waals surface area contributed by atoms with E-state index in [0.717, 1.165) is 26.7 Å². The minimum absolute atomic E-state index is 0.0230. The molecule has 1 amide bonds. The molecule has 0 aliphatic rings. The zero-order valence-corrected chi connectivity index (χ0v) is 17.9. The number of amides is 1. The maximum atomic E-state index is 14.5. The molecule has 0 radical (unpaired) electrons. The molecule has 5 nitrogen and oxygen atoms in total. The number of nitrogens with one attached hydrogen (secondary N) is 1. The van der Waals surface area contributed by atoms with Crippen molar-refractivity contribution in [2.45, 2.75) is 11.4 Å². The first kappa shape index (κ1) is 21.5. The van der Waals surface area contributed by atoms with E-state index in [1.807, 2.05) is 42.5 Å². The van der Waals surface area contributed by atoms with E-state index >= 15 is 0 Å². The molecule has 0 saturated carbocycles. The molecule has 4 aromatic rings. The molecule has 0 bridgehead atoms. The van der Waals surface area contributed by atoms with Crippen molar-refractivity contribution in [2.75, 3.05) is 10.8 Å². The third-order valence-corrected chi connectivity index (χ3v) is 6.87. The summed E-state index contributed by atoms with van der Waals surface area (Å²) in [6.07, 6.45) is 0. The fraction of sp³-hybridized carbons (Fsp3) is 0.0800. The minimum Gasteiger partial charge on any atom is -0.350 e. The molecule has 0 aliphatic carbocycles. The molecule has 0 aromatic heterocycles. The van der Waals surface area contributed by atoms with Gasteiger partial charge in [0.25, 0.3) is 10.0 Å². The van der Waals surface area contributed by atoms with Crippen molar-refractivity contribution in [3.8, 4) is 0 Å². The predicted molar refractivity (Wildman–Crippen MR) is 123 cm³/mol. The molecule has 0 unspecified atom stereocenters. The summed E-state index contributed by atoms with van der Waals surface area (Å²) < 4.78 is 41.8. The molecular weight excluding hydrogens is 427 g/mol. The molecular formula is C25H21FN2O3S. The smallest absolute Gasteiger partial charge is 0.264 e. The number of anilines is 1. The highest BCUT2D eigenvalue weighted by Crippen LogP contribution is 2.26. The molecule has 1 N–H and O–H groups in total. The Labute approximate surface area is 186 Å². The van der Waals surface area contributed by atoms with Crippen LogP contribution < -0.4 is 9.62 Å². The molecule has 4 rings (SSSR count). The summed E-state index contributed by atoms with van der Waals surface area (Å²) in [6, 6.07) is 26.7. The van der Waals surface area contributed by atoms with Gasteiger partial charge >= 0.3 is 0 Å². The highest BCUT2D eigenvalue weighted by molar-refractivity contribution is 7.92. The molecule has 4 aromatic carbocycles. The van der Waals surface area contributed by atoms with Crippen molar-refractivity contribution in [3.05, 3.63) is 108 Å². The van der Waals surface area contributed by atoms with Crippen LogP contribution in [-0.4, -0.2) is 20.9 Å². The van der Waals surface area contributed by atoms with Crippen LogP contribution in [-0.2, 0) is 21.4 Å². The Hall–Kier alpha value is -3.71. The fourth-order valence-corrected chi connectivity index (χ4v) is 4.95. The van der Waals surface area contributed by atoms with Crippen LogP contribution in [0.2, 0.25) is 0 Å². The summed E-state index contributed by atoms with van der Waals surface area (Å²) in [5.41, 5.74) is 0.719. The first-order valence-corrected chi connectivity index (χ1v) is 11.5. The second kappa shape index (κ2) is 9.20. The van der Waals surface area contributed by atoms with Gasteiger partial charge in [0.1, 0.15) is 12.4 Å². The van der Waals surface area contributed by atoms with Crippen LogP contribution in [0.4, 0.5) is 10.1 Å². The van der Waals surface area contributed by atoms with Crippen LogP contribution in [0.25, 0.3) is 10.8 Å². The summed E-state index contributed by atoms with van der Waals surface area (Å²) in [5, 5.41) is 4.81. The van der Waals surface area contributed by atoms with Gasteiger partial charge in [-0.1, -0.05) is 72.8 Å². The number of para-hydroxylation sites is 1. The second-order valence-corrected chi connectivity index (χ2v) is 9.05. The van der Waals surface area contributed by atoms with E-state index < -0.39 is 28.3 Å². The molecule has 7 heteroatoms. The van der Waals surface area contributed by atoms with Crippen LogP contribution >= 0.6 is 0 Å². The maximum Gasteiger partial charge on any atom is 0.264 e. The van der Waals surface area contributed by atoms with Gasteiger partial charge in [0.15, 0.2) is 0 Å². The topological polar surface area (TPSA) is 66.5 Å². The third-order valence-electron chi connectivity index (χ3n) is 5.10. The number of carbonyl (C=O) groups excluding carboxylic acids is 1. The maximum absolute atomic E-state index is 14.5. The highest BCUT2D eigenvalue weighted by atomic mass is 32.2. The second-order valence-electron chi connectivity index (χ2n) is 7.19. The van der Waals surface area contributed by atoms with E-state index in [9.17, 15) is 17.6 Å². The lowest BCUT2D eigenvalue weighted by Gasteiger charge is -2.24. The van der Waals surface area contributed by atoms with Gasteiger partial charge in [0, 0.05) is 6.54 Å². The summed E-state index contributed by atoms with van der Waals surface area (Å²) in [7, 11) is -4.16. The SMILES string of the molecule is O=C(CN(c1ccccc1F)S(=O)(=O)c1ccccc1)NCc1cccc2ccccc12.